The average Bonchev–Trinajstić information content (AvgIpc) is 2.72. The van der Waals surface area contributed by atoms with Crippen molar-refractivity contribution in [3.8, 4) is 0 Å². The molecule has 3 nitrogen and oxygen atoms in total. The van der Waals surface area contributed by atoms with Crippen LogP contribution in [0.15, 0.2) is 29.2 Å². The van der Waals surface area contributed by atoms with Gasteiger partial charge in [-0.05, 0) is 39.0 Å². The zero-order valence-corrected chi connectivity index (χ0v) is 13.5. The summed E-state index contributed by atoms with van der Waals surface area (Å²) in [4.78, 5) is 5.61. The highest BCUT2D eigenvalue weighted by Gasteiger charge is 2.13. The number of nitrogens with one attached hydrogen (secondary N) is 1. The number of rotatable bonds is 4. The first-order valence-corrected chi connectivity index (χ1v) is 8.05. The number of hydrogen-bond acceptors (Lipinski definition) is 5. The van der Waals surface area contributed by atoms with E-state index < -0.39 is 0 Å². The molecule has 102 valence electrons. The van der Waals surface area contributed by atoms with Crippen LogP contribution in [0.25, 0.3) is 0 Å². The van der Waals surface area contributed by atoms with Crippen LogP contribution < -0.4 is 5.32 Å². The van der Waals surface area contributed by atoms with Crippen LogP contribution in [0.5, 0.6) is 0 Å². The normalized spacial score (nSPS) is 11.6. The molecule has 0 spiro atoms. The number of anilines is 1. The third kappa shape index (κ3) is 5.01. The van der Waals surface area contributed by atoms with Crippen molar-refractivity contribution in [1.82, 2.24) is 9.36 Å². The van der Waals surface area contributed by atoms with Gasteiger partial charge >= 0.3 is 0 Å². The molecular weight excluding hydrogens is 298 g/mol. The van der Waals surface area contributed by atoms with Crippen LogP contribution in [0.2, 0.25) is 5.02 Å². The molecule has 0 aliphatic heterocycles. The largest absolute Gasteiger partial charge is 0.356 e. The van der Waals surface area contributed by atoms with Gasteiger partial charge in [0.1, 0.15) is 0 Å². The molecule has 0 aliphatic carbocycles. The molecule has 2 aromatic rings. The summed E-state index contributed by atoms with van der Waals surface area (Å²) in [5.74, 6) is 1.60. The van der Waals surface area contributed by atoms with Crippen LogP contribution in [-0.2, 0) is 5.75 Å². The molecule has 1 aromatic heterocycles. The lowest BCUT2D eigenvalue weighted by Crippen LogP contribution is -2.25. The first-order valence-electron chi connectivity index (χ1n) is 5.91. The average molecular weight is 314 g/mol. The fourth-order valence-corrected chi connectivity index (χ4v) is 3.33. The Bertz CT molecular complexity index is 549. The molecule has 0 aliphatic rings. The highest BCUT2D eigenvalue weighted by molar-refractivity contribution is 7.98. The van der Waals surface area contributed by atoms with E-state index in [1.165, 1.54) is 11.5 Å². The van der Waals surface area contributed by atoms with E-state index >= 15 is 0 Å². The molecular formula is C13H16ClN3S2. The van der Waals surface area contributed by atoms with Crippen LogP contribution >= 0.6 is 34.9 Å². The fraction of sp³-hybridized carbons (Fsp3) is 0.385. The van der Waals surface area contributed by atoms with Crippen LogP contribution in [0, 0.1) is 0 Å². The summed E-state index contributed by atoms with van der Waals surface area (Å²) in [7, 11) is 0. The zero-order chi connectivity index (χ0) is 13.9. The van der Waals surface area contributed by atoms with Crippen LogP contribution in [0.1, 0.15) is 26.6 Å². The number of aromatic nitrogens is 2. The van der Waals surface area contributed by atoms with Gasteiger partial charge in [0.2, 0.25) is 5.13 Å². The molecule has 0 amide bonds. The molecule has 1 N–H and O–H groups in total. The van der Waals surface area contributed by atoms with Gasteiger partial charge in [-0.2, -0.15) is 4.37 Å². The second-order valence-corrected chi connectivity index (χ2v) is 7.37. The number of hydrogen-bond donors (Lipinski definition) is 1. The Kier molecular flexibility index (Phi) is 4.71. The fourth-order valence-electron chi connectivity index (χ4n) is 1.39. The molecule has 19 heavy (non-hydrogen) atoms. The van der Waals surface area contributed by atoms with Gasteiger partial charge < -0.3 is 5.32 Å². The van der Waals surface area contributed by atoms with Gasteiger partial charge in [-0.15, -0.1) is 11.8 Å². The quantitative estimate of drug-likeness (QED) is 0.831. The summed E-state index contributed by atoms with van der Waals surface area (Å²) in [6.45, 7) is 6.32. The Morgan fingerprint density at radius 1 is 1.37 bits per heavy atom. The van der Waals surface area contributed by atoms with E-state index in [0.717, 1.165) is 26.6 Å². The van der Waals surface area contributed by atoms with Crippen molar-refractivity contribution < 1.29 is 0 Å². The maximum Gasteiger partial charge on any atom is 0.203 e. The number of nitrogens with zero attached hydrogens (tertiary/aromatic N) is 2. The van der Waals surface area contributed by atoms with E-state index in [-0.39, 0.29) is 5.54 Å². The highest BCUT2D eigenvalue weighted by atomic mass is 35.5. The molecule has 1 aromatic carbocycles. The Morgan fingerprint density at radius 2 is 2.16 bits per heavy atom. The van der Waals surface area contributed by atoms with Crippen molar-refractivity contribution in [2.75, 3.05) is 5.32 Å². The van der Waals surface area contributed by atoms with Gasteiger partial charge in [-0.25, -0.2) is 4.98 Å². The summed E-state index contributed by atoms with van der Waals surface area (Å²) < 4.78 is 4.35. The van der Waals surface area contributed by atoms with Gasteiger partial charge in [-0.3, -0.25) is 0 Å². The first-order chi connectivity index (χ1) is 8.92. The molecule has 0 saturated heterocycles. The van der Waals surface area contributed by atoms with Crippen molar-refractivity contribution in [3.05, 3.63) is 35.1 Å². The van der Waals surface area contributed by atoms with Crippen molar-refractivity contribution in [2.24, 2.45) is 0 Å². The van der Waals surface area contributed by atoms with E-state index in [2.05, 4.69) is 35.4 Å². The van der Waals surface area contributed by atoms with Gasteiger partial charge in [0, 0.05) is 27.0 Å². The summed E-state index contributed by atoms with van der Waals surface area (Å²) in [5, 5.41) is 4.95. The Labute approximate surface area is 127 Å². The molecule has 0 fully saturated rings. The molecule has 0 atom stereocenters. The van der Waals surface area contributed by atoms with E-state index in [1.54, 1.807) is 11.8 Å². The minimum Gasteiger partial charge on any atom is -0.356 e. The SMILES string of the molecule is CC(C)(C)Nc1nc(CSc2cccc(Cl)c2)ns1. The molecule has 6 heteroatoms. The lowest BCUT2D eigenvalue weighted by atomic mass is 10.1. The maximum absolute atomic E-state index is 5.95. The van der Waals surface area contributed by atoms with Crippen molar-refractivity contribution in [1.29, 1.82) is 0 Å². The molecule has 2 rings (SSSR count). The van der Waals surface area contributed by atoms with Crippen LogP contribution in [0.4, 0.5) is 5.13 Å². The third-order valence-electron chi connectivity index (χ3n) is 2.11. The van der Waals surface area contributed by atoms with Crippen molar-refractivity contribution in [2.45, 2.75) is 37.0 Å². The second-order valence-electron chi connectivity index (χ2n) is 5.14. The number of thioether (sulfide) groups is 1. The van der Waals surface area contributed by atoms with Crippen LogP contribution in [0.3, 0.4) is 0 Å². The summed E-state index contributed by atoms with van der Waals surface area (Å²) >= 11 is 9.04. The lowest BCUT2D eigenvalue weighted by molar-refractivity contribution is 0.633. The van der Waals surface area contributed by atoms with Crippen molar-refractivity contribution >= 4 is 40.0 Å². The van der Waals surface area contributed by atoms with E-state index in [0.29, 0.717) is 0 Å². The monoisotopic (exact) mass is 313 g/mol. The Morgan fingerprint density at radius 3 is 2.84 bits per heavy atom. The molecule has 1 heterocycles. The van der Waals surface area contributed by atoms with Gasteiger partial charge in [0.15, 0.2) is 5.82 Å². The van der Waals surface area contributed by atoms with Gasteiger partial charge in [0.25, 0.3) is 0 Å². The predicted molar refractivity (Wildman–Crippen MR) is 84.3 cm³/mol. The molecule has 0 bridgehead atoms. The Hall–Kier alpha value is -0.780. The van der Waals surface area contributed by atoms with Crippen molar-refractivity contribution in [3.63, 3.8) is 0 Å². The lowest BCUT2D eigenvalue weighted by Gasteiger charge is -2.18. The maximum atomic E-state index is 5.95. The van der Waals surface area contributed by atoms with E-state index in [1.807, 2.05) is 24.3 Å². The summed E-state index contributed by atoms with van der Waals surface area (Å²) in [6, 6.07) is 7.81. The Balaban J connectivity index is 1.93. The minimum atomic E-state index is 0.0108. The summed E-state index contributed by atoms with van der Waals surface area (Å²) in [6.07, 6.45) is 0. The standard InChI is InChI=1S/C13H16ClN3S2/c1-13(2,3)16-12-15-11(17-19-12)8-18-10-6-4-5-9(14)7-10/h4-7H,8H2,1-3H3,(H,15,16,17). The van der Waals surface area contributed by atoms with E-state index in [4.69, 9.17) is 11.6 Å². The van der Waals surface area contributed by atoms with Gasteiger partial charge in [0.05, 0.1) is 5.75 Å². The zero-order valence-electron chi connectivity index (χ0n) is 11.1. The first kappa shape index (κ1) is 14.6. The third-order valence-corrected chi connectivity index (χ3v) is 4.01. The smallest absolute Gasteiger partial charge is 0.203 e. The molecule has 0 saturated carbocycles. The second kappa shape index (κ2) is 6.11. The van der Waals surface area contributed by atoms with E-state index in [9.17, 15) is 0 Å². The van der Waals surface area contributed by atoms with Crippen LogP contribution in [-0.4, -0.2) is 14.9 Å². The predicted octanol–water partition coefficient (Wildman–Crippen LogP) is 4.69. The highest BCUT2D eigenvalue weighted by Crippen LogP contribution is 2.26. The topological polar surface area (TPSA) is 37.8 Å². The molecule has 0 radical (unpaired) electrons. The van der Waals surface area contributed by atoms with Gasteiger partial charge in [-0.1, -0.05) is 17.7 Å². The number of halogens is 1. The summed E-state index contributed by atoms with van der Waals surface area (Å²) in [5.41, 5.74) is 0.0108. The minimum absolute atomic E-state index is 0.0108. The molecule has 0 unspecified atom stereocenters. The number of benzene rings is 1.